The van der Waals surface area contributed by atoms with Crippen LogP contribution in [0.1, 0.15) is 24.6 Å². The Balaban J connectivity index is 1.54. The summed E-state index contributed by atoms with van der Waals surface area (Å²) in [7, 11) is 0. The van der Waals surface area contributed by atoms with Crippen LogP contribution in [0.4, 0.5) is 29.6 Å². The second kappa shape index (κ2) is 8.20. The van der Waals surface area contributed by atoms with E-state index < -0.39 is 24.0 Å². The summed E-state index contributed by atoms with van der Waals surface area (Å²) >= 11 is 0. The third kappa shape index (κ3) is 4.57. The van der Waals surface area contributed by atoms with Crippen molar-refractivity contribution in [3.63, 3.8) is 0 Å². The Morgan fingerprint density at radius 1 is 1.32 bits per heavy atom. The van der Waals surface area contributed by atoms with Gasteiger partial charge in [0, 0.05) is 11.3 Å². The number of benzene rings is 1. The highest BCUT2D eigenvalue weighted by Gasteiger charge is 2.31. The Kier molecular flexibility index (Phi) is 5.44. The summed E-state index contributed by atoms with van der Waals surface area (Å²) in [6.07, 6.45) is -1.48. The molecule has 1 amide bonds. The lowest BCUT2D eigenvalue weighted by molar-refractivity contribution is 0.119. The zero-order chi connectivity index (χ0) is 22.1. The van der Waals surface area contributed by atoms with Crippen LogP contribution in [0.25, 0.3) is 11.3 Å². The molecule has 1 aliphatic rings. The summed E-state index contributed by atoms with van der Waals surface area (Å²) in [5.74, 6) is -1.32. The van der Waals surface area contributed by atoms with Crippen molar-refractivity contribution in [1.82, 2.24) is 30.3 Å². The van der Waals surface area contributed by atoms with E-state index in [-0.39, 0.29) is 18.1 Å². The smallest absolute Gasteiger partial charge is 0.407 e. The lowest BCUT2D eigenvalue weighted by atomic mass is 10.1. The number of aromatic nitrogens is 5. The van der Waals surface area contributed by atoms with Gasteiger partial charge in [0.2, 0.25) is 5.95 Å². The molecular weight excluding hydrogens is 415 g/mol. The molecule has 0 aliphatic carbocycles. The highest BCUT2D eigenvalue weighted by atomic mass is 19.3. The summed E-state index contributed by atoms with van der Waals surface area (Å²) in [5, 5.41) is 13.7. The van der Waals surface area contributed by atoms with Crippen LogP contribution in [-0.2, 0) is 11.3 Å². The minimum atomic E-state index is -3.05. The average Bonchev–Trinajstić information content (AvgIpc) is 3.29. The van der Waals surface area contributed by atoms with Gasteiger partial charge in [0.1, 0.15) is 17.5 Å². The van der Waals surface area contributed by atoms with Crippen LogP contribution < -0.4 is 10.6 Å². The van der Waals surface area contributed by atoms with Crippen LogP contribution in [0, 0.1) is 12.7 Å². The fourth-order valence-electron chi connectivity index (χ4n) is 3.18. The number of rotatable bonds is 6. The Labute approximate surface area is 174 Å². The normalized spacial score (nSPS) is 18.2. The first-order valence-corrected chi connectivity index (χ1v) is 9.35. The number of amides is 1. The van der Waals surface area contributed by atoms with Gasteiger partial charge < -0.3 is 15.4 Å². The molecule has 2 N–H and O–H groups in total. The van der Waals surface area contributed by atoms with Crippen LogP contribution in [0.15, 0.2) is 30.6 Å². The number of hydrogen-bond donors (Lipinski definition) is 2. The van der Waals surface area contributed by atoms with E-state index in [0.29, 0.717) is 29.7 Å². The molecule has 0 radical (unpaired) electrons. The minimum absolute atomic E-state index is 0.149. The Morgan fingerprint density at radius 3 is 2.84 bits per heavy atom. The molecular formula is C19H18F3N7O2. The highest BCUT2D eigenvalue weighted by Crippen LogP contribution is 2.26. The number of anilines is 2. The van der Waals surface area contributed by atoms with Crippen LogP contribution in [0.5, 0.6) is 0 Å². The van der Waals surface area contributed by atoms with Crippen LogP contribution >= 0.6 is 0 Å². The molecule has 1 aliphatic heterocycles. The standard InChI is InChI=1S/C19H18F3N7O2/c1-9-3-11(14-7-29(28-27-14)8-15-10(2)24-19(30)31-15)5-12(4-9)25-18-23-6-13(20)16(26-18)17(21)22/h3-7,10,15,17H,8H2,1-2H3,(H,24,30)(H,23,25,26)/t10-,15+/m1/s1. The maximum absolute atomic E-state index is 13.4. The molecule has 1 fully saturated rings. The molecule has 12 heteroatoms. The van der Waals surface area contributed by atoms with Gasteiger partial charge in [0.25, 0.3) is 6.43 Å². The summed E-state index contributed by atoms with van der Waals surface area (Å²) in [4.78, 5) is 18.6. The number of alkyl carbamates (subject to hydrolysis) is 1. The van der Waals surface area contributed by atoms with Gasteiger partial charge in [-0.3, -0.25) is 0 Å². The third-order valence-corrected chi connectivity index (χ3v) is 4.67. The van der Waals surface area contributed by atoms with Gasteiger partial charge in [-0.15, -0.1) is 5.10 Å². The molecule has 4 rings (SSSR count). The second-order valence-corrected chi connectivity index (χ2v) is 7.14. The molecule has 0 saturated carbocycles. The number of nitrogens with one attached hydrogen (secondary N) is 2. The number of carbonyl (C=O) groups excluding carboxylic acids is 1. The fraction of sp³-hybridized carbons (Fsp3) is 0.316. The molecule has 2 aromatic heterocycles. The molecule has 1 saturated heterocycles. The van der Waals surface area contributed by atoms with Gasteiger partial charge in [-0.05, 0) is 37.6 Å². The van der Waals surface area contributed by atoms with E-state index in [9.17, 15) is 18.0 Å². The number of halogens is 3. The van der Waals surface area contributed by atoms with Gasteiger partial charge in [-0.2, -0.15) is 0 Å². The van der Waals surface area contributed by atoms with Gasteiger partial charge in [0.15, 0.2) is 5.82 Å². The van der Waals surface area contributed by atoms with Crippen molar-refractivity contribution < 1.29 is 22.7 Å². The van der Waals surface area contributed by atoms with Gasteiger partial charge in [0.05, 0.1) is 25.0 Å². The molecule has 9 nitrogen and oxygen atoms in total. The zero-order valence-electron chi connectivity index (χ0n) is 16.5. The van der Waals surface area contributed by atoms with Crippen LogP contribution in [0.3, 0.4) is 0 Å². The van der Waals surface area contributed by atoms with Gasteiger partial charge in [-0.1, -0.05) is 5.21 Å². The predicted molar refractivity (Wildman–Crippen MR) is 103 cm³/mol. The van der Waals surface area contributed by atoms with E-state index in [0.717, 1.165) is 5.56 Å². The number of nitrogens with zero attached hydrogens (tertiary/aromatic N) is 5. The van der Waals surface area contributed by atoms with E-state index in [4.69, 9.17) is 4.74 Å². The Hall–Kier alpha value is -3.70. The molecule has 0 unspecified atom stereocenters. The first kappa shape index (κ1) is 20.6. The Morgan fingerprint density at radius 2 is 2.13 bits per heavy atom. The molecule has 162 valence electrons. The van der Waals surface area contributed by atoms with Crippen molar-refractivity contribution in [2.75, 3.05) is 5.32 Å². The van der Waals surface area contributed by atoms with Crippen molar-refractivity contribution in [2.45, 2.75) is 39.0 Å². The van der Waals surface area contributed by atoms with E-state index in [1.807, 2.05) is 19.9 Å². The average molecular weight is 433 g/mol. The van der Waals surface area contributed by atoms with Crippen molar-refractivity contribution in [2.24, 2.45) is 0 Å². The monoisotopic (exact) mass is 433 g/mol. The third-order valence-electron chi connectivity index (χ3n) is 4.67. The predicted octanol–water partition coefficient (Wildman–Crippen LogP) is 3.36. The molecule has 3 aromatic rings. The second-order valence-electron chi connectivity index (χ2n) is 7.14. The molecule has 3 heterocycles. The topological polar surface area (TPSA) is 107 Å². The molecule has 2 atom stereocenters. The number of cyclic esters (lactones) is 1. The summed E-state index contributed by atoms with van der Waals surface area (Å²) in [6.45, 7) is 4.02. The minimum Gasteiger partial charge on any atom is -0.442 e. The molecule has 0 spiro atoms. The number of hydrogen-bond acceptors (Lipinski definition) is 7. The first-order valence-electron chi connectivity index (χ1n) is 9.35. The first-order chi connectivity index (χ1) is 14.8. The lowest BCUT2D eigenvalue weighted by Gasteiger charge is -2.11. The SMILES string of the molecule is Cc1cc(Nc2ncc(F)c(C(F)F)n2)cc(-c2cn(C[C@@H]3OC(=O)N[C@@H]3C)nn2)c1. The van der Waals surface area contributed by atoms with Gasteiger partial charge >= 0.3 is 6.09 Å². The summed E-state index contributed by atoms with van der Waals surface area (Å²) < 4.78 is 45.9. The molecule has 1 aromatic carbocycles. The summed E-state index contributed by atoms with van der Waals surface area (Å²) in [5.41, 5.74) is 1.67. The number of alkyl halides is 2. The van der Waals surface area contributed by atoms with E-state index >= 15 is 0 Å². The van der Waals surface area contributed by atoms with Crippen LogP contribution in [-0.4, -0.2) is 43.2 Å². The highest BCUT2D eigenvalue weighted by molar-refractivity contribution is 5.70. The number of carbonyl (C=O) groups is 1. The van der Waals surface area contributed by atoms with E-state index in [1.165, 1.54) is 0 Å². The van der Waals surface area contributed by atoms with Crippen molar-refractivity contribution in [3.05, 3.63) is 47.7 Å². The summed E-state index contributed by atoms with van der Waals surface area (Å²) in [6, 6.07) is 5.20. The van der Waals surface area contributed by atoms with Crippen molar-refractivity contribution >= 4 is 17.7 Å². The molecule has 0 bridgehead atoms. The van der Waals surface area contributed by atoms with Crippen molar-refractivity contribution in [1.29, 1.82) is 0 Å². The van der Waals surface area contributed by atoms with Gasteiger partial charge in [-0.25, -0.2) is 32.6 Å². The van der Waals surface area contributed by atoms with Crippen LogP contribution in [0.2, 0.25) is 0 Å². The van der Waals surface area contributed by atoms with E-state index in [2.05, 4.69) is 30.9 Å². The fourth-order valence-corrected chi connectivity index (χ4v) is 3.18. The van der Waals surface area contributed by atoms with E-state index in [1.54, 1.807) is 23.0 Å². The zero-order valence-corrected chi connectivity index (χ0v) is 16.5. The maximum Gasteiger partial charge on any atom is 0.407 e. The quantitative estimate of drug-likeness (QED) is 0.614. The largest absolute Gasteiger partial charge is 0.442 e. The Bertz CT molecular complexity index is 1120. The van der Waals surface area contributed by atoms with Crippen molar-refractivity contribution in [3.8, 4) is 11.3 Å². The number of aryl methyl sites for hydroxylation is 1. The lowest BCUT2D eigenvalue weighted by Crippen LogP contribution is -2.31. The number of ether oxygens (including phenoxy) is 1. The molecule has 31 heavy (non-hydrogen) atoms. The maximum atomic E-state index is 13.4.